The van der Waals surface area contributed by atoms with Gasteiger partial charge in [-0.15, -0.1) is 0 Å². The summed E-state index contributed by atoms with van der Waals surface area (Å²) in [5.41, 5.74) is 0. The van der Waals surface area contributed by atoms with Gasteiger partial charge in [0.1, 0.15) is 0 Å². The second-order valence-corrected chi connectivity index (χ2v) is 2.40. The molecule has 1 atom stereocenters. The number of allylic oxidation sites excluding steroid dienone is 1. The third-order valence-corrected chi connectivity index (χ3v) is 1.39. The molecule has 0 aromatic carbocycles. The van der Waals surface area contributed by atoms with Crippen LogP contribution in [0.5, 0.6) is 0 Å². The molecule has 0 aliphatic carbocycles. The Morgan fingerprint density at radius 3 is 2.60 bits per heavy atom. The maximum absolute atomic E-state index is 9.16. The van der Waals surface area contributed by atoms with Crippen molar-refractivity contribution >= 4 is 0 Å². The van der Waals surface area contributed by atoms with Crippen LogP contribution in [-0.2, 0) is 0 Å². The molecule has 0 aromatic heterocycles. The molecule has 0 heterocycles. The fraction of sp³-hybridized carbons (Fsp3) is 0.750. The van der Waals surface area contributed by atoms with E-state index in [0.717, 1.165) is 31.9 Å². The van der Waals surface area contributed by atoms with Crippen molar-refractivity contribution in [1.82, 2.24) is 0 Å². The van der Waals surface area contributed by atoms with Crippen molar-refractivity contribution in [2.75, 3.05) is 0 Å². The molecule has 0 aromatic rings. The van der Waals surface area contributed by atoms with Crippen LogP contribution in [0.3, 0.4) is 0 Å². The molecule has 2 nitrogen and oxygen atoms in total. The molecule has 0 spiro atoms. The van der Waals surface area contributed by atoms with Gasteiger partial charge in [-0.25, -0.2) is 0 Å². The second-order valence-electron chi connectivity index (χ2n) is 2.40. The number of hydrogen-bond donors (Lipinski definition) is 2. The van der Waals surface area contributed by atoms with Crippen LogP contribution < -0.4 is 0 Å². The number of aliphatic hydroxyl groups is 2. The number of rotatable bonds is 5. The van der Waals surface area contributed by atoms with E-state index in [1.165, 1.54) is 0 Å². The summed E-state index contributed by atoms with van der Waals surface area (Å²) in [4.78, 5) is 0. The summed E-state index contributed by atoms with van der Waals surface area (Å²) >= 11 is 0. The van der Waals surface area contributed by atoms with Crippen molar-refractivity contribution in [3.63, 3.8) is 0 Å². The second kappa shape index (κ2) is 6.62. The SMILES string of the molecule is CCCC(O)CCC=CO. The molecule has 2 N–H and O–H groups in total. The molecule has 0 saturated heterocycles. The van der Waals surface area contributed by atoms with Crippen LogP contribution in [0.2, 0.25) is 0 Å². The first-order chi connectivity index (χ1) is 4.81. The number of aliphatic hydroxyl groups excluding tert-OH is 2. The van der Waals surface area contributed by atoms with Crippen molar-refractivity contribution in [2.24, 2.45) is 0 Å². The van der Waals surface area contributed by atoms with Gasteiger partial charge in [0.15, 0.2) is 0 Å². The van der Waals surface area contributed by atoms with Crippen LogP contribution >= 0.6 is 0 Å². The fourth-order valence-corrected chi connectivity index (χ4v) is 0.841. The van der Waals surface area contributed by atoms with Crippen LogP contribution in [-0.4, -0.2) is 16.3 Å². The van der Waals surface area contributed by atoms with Gasteiger partial charge in [-0.1, -0.05) is 19.4 Å². The molecule has 0 radical (unpaired) electrons. The van der Waals surface area contributed by atoms with Gasteiger partial charge in [0.25, 0.3) is 0 Å². The molecular weight excluding hydrogens is 128 g/mol. The van der Waals surface area contributed by atoms with E-state index in [2.05, 4.69) is 0 Å². The summed E-state index contributed by atoms with van der Waals surface area (Å²) in [6, 6.07) is 0. The highest BCUT2D eigenvalue weighted by Gasteiger charge is 1.98. The molecule has 0 aliphatic heterocycles. The van der Waals surface area contributed by atoms with Gasteiger partial charge in [-0.05, 0) is 19.3 Å². The van der Waals surface area contributed by atoms with Crippen LogP contribution in [0.1, 0.15) is 32.6 Å². The van der Waals surface area contributed by atoms with E-state index in [-0.39, 0.29) is 6.10 Å². The van der Waals surface area contributed by atoms with Crippen LogP contribution in [0.4, 0.5) is 0 Å². The zero-order valence-corrected chi connectivity index (χ0v) is 6.45. The van der Waals surface area contributed by atoms with Gasteiger partial charge in [0, 0.05) is 0 Å². The topological polar surface area (TPSA) is 40.5 Å². The average molecular weight is 144 g/mol. The minimum atomic E-state index is -0.193. The molecular formula is C8H16O2. The maximum Gasteiger partial charge on any atom is 0.0751 e. The molecule has 1 unspecified atom stereocenters. The van der Waals surface area contributed by atoms with E-state index in [9.17, 15) is 0 Å². The van der Waals surface area contributed by atoms with Crippen molar-refractivity contribution in [3.05, 3.63) is 12.3 Å². The van der Waals surface area contributed by atoms with Gasteiger partial charge in [-0.3, -0.25) is 0 Å². The molecule has 0 fully saturated rings. The Hall–Kier alpha value is -0.500. The van der Waals surface area contributed by atoms with Crippen LogP contribution in [0.15, 0.2) is 12.3 Å². The predicted molar refractivity (Wildman–Crippen MR) is 41.9 cm³/mol. The lowest BCUT2D eigenvalue weighted by atomic mass is 10.1. The summed E-state index contributed by atoms with van der Waals surface area (Å²) in [5, 5.41) is 17.4. The Balaban J connectivity index is 3.12. The first-order valence-electron chi connectivity index (χ1n) is 3.78. The van der Waals surface area contributed by atoms with E-state index < -0.39 is 0 Å². The van der Waals surface area contributed by atoms with Gasteiger partial charge in [0.05, 0.1) is 12.4 Å². The Labute approximate surface area is 62.2 Å². The summed E-state index contributed by atoms with van der Waals surface area (Å²) in [6.07, 6.45) is 5.88. The molecule has 0 rings (SSSR count). The van der Waals surface area contributed by atoms with Crippen molar-refractivity contribution in [2.45, 2.75) is 38.7 Å². The van der Waals surface area contributed by atoms with Gasteiger partial charge in [0.2, 0.25) is 0 Å². The fourth-order valence-electron chi connectivity index (χ4n) is 0.841. The molecule has 0 saturated carbocycles. The van der Waals surface area contributed by atoms with E-state index >= 15 is 0 Å². The molecule has 0 amide bonds. The Bertz CT molecular complexity index is 89.3. The minimum absolute atomic E-state index is 0.193. The average Bonchev–Trinajstić information content (AvgIpc) is 1.89. The lowest BCUT2D eigenvalue weighted by molar-refractivity contribution is 0.154. The Kier molecular flexibility index (Phi) is 6.29. The standard InChI is InChI=1S/C8H16O2/c1-2-5-8(10)6-3-4-7-9/h4,7-10H,2-3,5-6H2,1H3. The normalized spacial score (nSPS) is 14.2. The molecule has 2 heteroatoms. The molecule has 0 aliphatic rings. The van der Waals surface area contributed by atoms with E-state index in [1.54, 1.807) is 6.08 Å². The third-order valence-electron chi connectivity index (χ3n) is 1.39. The van der Waals surface area contributed by atoms with Crippen molar-refractivity contribution < 1.29 is 10.2 Å². The smallest absolute Gasteiger partial charge is 0.0751 e. The summed E-state index contributed by atoms with van der Waals surface area (Å²) < 4.78 is 0. The molecule has 60 valence electrons. The lowest BCUT2D eigenvalue weighted by Gasteiger charge is -2.05. The van der Waals surface area contributed by atoms with Gasteiger partial charge >= 0.3 is 0 Å². The first kappa shape index (κ1) is 9.50. The molecule has 10 heavy (non-hydrogen) atoms. The quantitative estimate of drug-likeness (QED) is 0.579. The lowest BCUT2D eigenvalue weighted by Crippen LogP contribution is -2.04. The largest absolute Gasteiger partial charge is 0.516 e. The van der Waals surface area contributed by atoms with Gasteiger partial charge in [-0.2, -0.15) is 0 Å². The zero-order chi connectivity index (χ0) is 7.82. The summed E-state index contributed by atoms with van der Waals surface area (Å²) in [5.74, 6) is 0. The predicted octanol–water partition coefficient (Wildman–Crippen LogP) is 2.00. The Morgan fingerprint density at radius 1 is 1.40 bits per heavy atom. The highest BCUT2D eigenvalue weighted by molar-refractivity contribution is 4.72. The van der Waals surface area contributed by atoms with Crippen LogP contribution in [0.25, 0.3) is 0 Å². The highest BCUT2D eigenvalue weighted by Crippen LogP contribution is 2.03. The summed E-state index contributed by atoms with van der Waals surface area (Å²) in [6.45, 7) is 2.05. The minimum Gasteiger partial charge on any atom is -0.516 e. The zero-order valence-electron chi connectivity index (χ0n) is 6.45. The van der Waals surface area contributed by atoms with E-state index in [1.807, 2.05) is 6.92 Å². The summed E-state index contributed by atoms with van der Waals surface area (Å²) in [7, 11) is 0. The van der Waals surface area contributed by atoms with Gasteiger partial charge < -0.3 is 10.2 Å². The van der Waals surface area contributed by atoms with E-state index in [4.69, 9.17) is 10.2 Å². The van der Waals surface area contributed by atoms with Crippen molar-refractivity contribution in [3.8, 4) is 0 Å². The van der Waals surface area contributed by atoms with Crippen LogP contribution in [0, 0.1) is 0 Å². The monoisotopic (exact) mass is 144 g/mol. The Morgan fingerprint density at radius 2 is 2.10 bits per heavy atom. The molecule has 0 bridgehead atoms. The van der Waals surface area contributed by atoms with E-state index in [0.29, 0.717) is 0 Å². The maximum atomic E-state index is 9.16. The highest BCUT2D eigenvalue weighted by atomic mass is 16.3. The third kappa shape index (κ3) is 5.63. The first-order valence-corrected chi connectivity index (χ1v) is 3.78. The number of hydrogen-bond acceptors (Lipinski definition) is 2. The van der Waals surface area contributed by atoms with Crippen molar-refractivity contribution in [1.29, 1.82) is 0 Å².